The van der Waals surface area contributed by atoms with Crippen LogP contribution >= 0.6 is 0 Å². The highest BCUT2D eigenvalue weighted by atomic mass is 16.1. The SMILES string of the molecule is CCC/C(C)=C(/C=C(/C=O)C(C)=O)c1nn(-c2ccccc2)c(NC)c1C. The third-order valence-electron chi connectivity index (χ3n) is 4.53. The lowest BCUT2D eigenvalue weighted by molar-refractivity contribution is -0.115. The number of carbonyl (C=O) groups excluding carboxylic acids is 2. The number of aromatic nitrogens is 2. The van der Waals surface area contributed by atoms with E-state index in [0.29, 0.717) is 6.29 Å². The van der Waals surface area contributed by atoms with Crippen LogP contribution in [0.5, 0.6) is 0 Å². The Hall–Kier alpha value is -2.95. The predicted molar refractivity (Wildman–Crippen MR) is 110 cm³/mol. The number of aldehydes is 1. The van der Waals surface area contributed by atoms with Crippen molar-refractivity contribution in [3.8, 4) is 5.69 Å². The average Bonchev–Trinajstić information content (AvgIpc) is 2.99. The molecule has 5 nitrogen and oxygen atoms in total. The first kappa shape index (κ1) is 20.4. The lowest BCUT2D eigenvalue weighted by Crippen LogP contribution is -2.03. The Bertz CT molecular complexity index is 890. The van der Waals surface area contributed by atoms with Gasteiger partial charge in [-0.05, 0) is 45.4 Å². The molecule has 0 aliphatic heterocycles. The molecular weight excluding hydrogens is 338 g/mol. The second kappa shape index (κ2) is 9.12. The summed E-state index contributed by atoms with van der Waals surface area (Å²) in [7, 11) is 1.86. The van der Waals surface area contributed by atoms with Gasteiger partial charge in [0.2, 0.25) is 0 Å². The molecule has 27 heavy (non-hydrogen) atoms. The molecule has 0 amide bonds. The molecule has 142 valence electrons. The number of Topliss-reactive ketones (excluding diaryl/α,β-unsaturated/α-hetero) is 1. The van der Waals surface area contributed by atoms with Crippen LogP contribution in [-0.2, 0) is 9.59 Å². The summed E-state index contributed by atoms with van der Waals surface area (Å²) in [4.78, 5) is 23.2. The van der Waals surface area contributed by atoms with E-state index in [1.807, 2.05) is 55.9 Å². The number of nitrogens with one attached hydrogen (secondary N) is 1. The summed E-state index contributed by atoms with van der Waals surface area (Å²) in [5.74, 6) is 0.627. The van der Waals surface area contributed by atoms with Gasteiger partial charge in [-0.3, -0.25) is 9.59 Å². The van der Waals surface area contributed by atoms with Gasteiger partial charge in [0.05, 0.1) is 17.0 Å². The Kier molecular flexibility index (Phi) is 6.88. The van der Waals surface area contributed by atoms with Crippen molar-refractivity contribution in [3.05, 3.63) is 58.8 Å². The minimum Gasteiger partial charge on any atom is -0.373 e. The van der Waals surface area contributed by atoms with Crippen LogP contribution in [0.1, 0.15) is 44.9 Å². The van der Waals surface area contributed by atoms with Crippen molar-refractivity contribution in [3.63, 3.8) is 0 Å². The number of ketones is 1. The molecule has 0 unspecified atom stereocenters. The molecule has 5 heteroatoms. The van der Waals surface area contributed by atoms with Crippen molar-refractivity contribution in [2.75, 3.05) is 12.4 Å². The molecule has 0 bridgehead atoms. The van der Waals surface area contributed by atoms with E-state index in [2.05, 4.69) is 12.2 Å². The molecule has 0 spiro atoms. The first-order valence-corrected chi connectivity index (χ1v) is 9.15. The fraction of sp³-hybridized carbons (Fsp3) is 0.318. The van der Waals surface area contributed by atoms with Crippen LogP contribution in [0, 0.1) is 6.92 Å². The third kappa shape index (κ3) is 4.42. The fourth-order valence-electron chi connectivity index (χ4n) is 3.08. The lowest BCUT2D eigenvalue weighted by atomic mass is 9.97. The molecular formula is C22H27N3O2. The zero-order valence-corrected chi connectivity index (χ0v) is 16.7. The number of nitrogens with zero attached hydrogens (tertiary/aromatic N) is 2. The van der Waals surface area contributed by atoms with Gasteiger partial charge < -0.3 is 5.32 Å². The Balaban J connectivity index is 2.74. The van der Waals surface area contributed by atoms with E-state index < -0.39 is 0 Å². The lowest BCUT2D eigenvalue weighted by Gasteiger charge is -2.08. The van der Waals surface area contributed by atoms with Gasteiger partial charge in [0.1, 0.15) is 5.82 Å². The summed E-state index contributed by atoms with van der Waals surface area (Å²) >= 11 is 0. The smallest absolute Gasteiger partial charge is 0.163 e. The minimum absolute atomic E-state index is 0.153. The summed E-state index contributed by atoms with van der Waals surface area (Å²) in [5.41, 5.74) is 4.76. The van der Waals surface area contributed by atoms with Crippen LogP contribution in [0.2, 0.25) is 0 Å². The van der Waals surface area contributed by atoms with Crippen LogP contribution in [0.15, 0.2) is 47.6 Å². The highest BCUT2D eigenvalue weighted by molar-refractivity contribution is 6.12. The number of benzene rings is 1. The quantitative estimate of drug-likeness (QED) is 0.246. The molecule has 0 radical (unpaired) electrons. The number of carbonyl (C=O) groups is 2. The number of allylic oxidation sites excluding steroid dienone is 4. The van der Waals surface area contributed by atoms with E-state index in [0.717, 1.165) is 46.8 Å². The van der Waals surface area contributed by atoms with Crippen LogP contribution in [-0.4, -0.2) is 28.9 Å². The van der Waals surface area contributed by atoms with Crippen molar-refractivity contribution >= 4 is 23.5 Å². The molecule has 2 aromatic rings. The van der Waals surface area contributed by atoms with Gasteiger partial charge in [-0.2, -0.15) is 5.10 Å². The molecule has 0 atom stereocenters. The van der Waals surface area contributed by atoms with E-state index >= 15 is 0 Å². The molecule has 0 aliphatic carbocycles. The molecule has 1 aromatic carbocycles. The minimum atomic E-state index is -0.249. The standard InChI is InChI=1S/C22H27N3O2/c1-6-10-15(2)20(13-18(14-26)17(4)27)21-16(3)22(23-5)25(24-21)19-11-8-7-9-12-19/h7-9,11-14,23H,6,10H2,1-5H3/b18-13-,20-15-. The van der Waals surface area contributed by atoms with Crippen molar-refractivity contribution in [1.29, 1.82) is 0 Å². The summed E-state index contributed by atoms with van der Waals surface area (Å²) < 4.78 is 1.85. The van der Waals surface area contributed by atoms with Gasteiger partial charge >= 0.3 is 0 Å². The number of anilines is 1. The van der Waals surface area contributed by atoms with Crippen molar-refractivity contribution in [1.82, 2.24) is 9.78 Å². The van der Waals surface area contributed by atoms with Gasteiger partial charge in [0.25, 0.3) is 0 Å². The molecule has 1 N–H and O–H groups in total. The topological polar surface area (TPSA) is 64.0 Å². The number of rotatable bonds is 8. The number of para-hydroxylation sites is 1. The van der Waals surface area contributed by atoms with Gasteiger partial charge in [-0.25, -0.2) is 4.68 Å². The van der Waals surface area contributed by atoms with Crippen LogP contribution < -0.4 is 5.32 Å². The summed E-state index contributed by atoms with van der Waals surface area (Å²) in [6, 6.07) is 9.86. The van der Waals surface area contributed by atoms with E-state index in [4.69, 9.17) is 5.10 Å². The zero-order chi connectivity index (χ0) is 20.0. The summed E-state index contributed by atoms with van der Waals surface area (Å²) in [6.07, 6.45) is 4.12. The predicted octanol–water partition coefficient (Wildman–Crippen LogP) is 4.51. The zero-order valence-electron chi connectivity index (χ0n) is 16.7. The van der Waals surface area contributed by atoms with Gasteiger partial charge in [-0.1, -0.05) is 37.1 Å². The molecule has 1 heterocycles. The number of hydrogen-bond donors (Lipinski definition) is 1. The third-order valence-corrected chi connectivity index (χ3v) is 4.53. The summed E-state index contributed by atoms with van der Waals surface area (Å²) in [5, 5.41) is 8.04. The molecule has 1 aromatic heterocycles. The molecule has 2 rings (SSSR count). The van der Waals surface area contributed by atoms with Gasteiger partial charge in [0, 0.05) is 18.2 Å². The highest BCUT2D eigenvalue weighted by Crippen LogP contribution is 2.31. The first-order chi connectivity index (χ1) is 12.9. The van der Waals surface area contributed by atoms with Crippen LogP contribution in [0.3, 0.4) is 0 Å². The van der Waals surface area contributed by atoms with Crippen molar-refractivity contribution in [2.24, 2.45) is 0 Å². The highest BCUT2D eigenvalue weighted by Gasteiger charge is 2.19. The van der Waals surface area contributed by atoms with E-state index in [1.165, 1.54) is 6.92 Å². The summed E-state index contributed by atoms with van der Waals surface area (Å²) in [6.45, 7) is 7.53. The van der Waals surface area contributed by atoms with Crippen molar-refractivity contribution < 1.29 is 9.59 Å². The normalized spacial score (nSPS) is 12.6. The Morgan fingerprint density at radius 3 is 2.41 bits per heavy atom. The van der Waals surface area contributed by atoms with Gasteiger partial charge in [0.15, 0.2) is 12.1 Å². The Labute approximate surface area is 160 Å². The number of hydrogen-bond acceptors (Lipinski definition) is 4. The molecule has 0 fully saturated rings. The van der Waals surface area contributed by atoms with Crippen molar-refractivity contribution in [2.45, 2.75) is 40.5 Å². The monoisotopic (exact) mass is 365 g/mol. The largest absolute Gasteiger partial charge is 0.373 e. The molecule has 0 saturated heterocycles. The average molecular weight is 365 g/mol. The van der Waals surface area contributed by atoms with E-state index in [1.54, 1.807) is 6.08 Å². The molecule has 0 saturated carbocycles. The Morgan fingerprint density at radius 2 is 1.89 bits per heavy atom. The fourth-order valence-corrected chi connectivity index (χ4v) is 3.08. The van der Waals surface area contributed by atoms with E-state index in [-0.39, 0.29) is 11.4 Å². The maximum atomic E-state index is 11.8. The first-order valence-electron chi connectivity index (χ1n) is 9.15. The van der Waals surface area contributed by atoms with Gasteiger partial charge in [-0.15, -0.1) is 0 Å². The second-order valence-electron chi connectivity index (χ2n) is 6.54. The Morgan fingerprint density at radius 1 is 1.22 bits per heavy atom. The van der Waals surface area contributed by atoms with Crippen LogP contribution in [0.4, 0.5) is 5.82 Å². The molecule has 0 aliphatic rings. The second-order valence-corrected chi connectivity index (χ2v) is 6.54. The van der Waals surface area contributed by atoms with E-state index in [9.17, 15) is 9.59 Å². The maximum absolute atomic E-state index is 11.8. The van der Waals surface area contributed by atoms with Crippen LogP contribution in [0.25, 0.3) is 11.3 Å². The maximum Gasteiger partial charge on any atom is 0.163 e.